The molecule has 0 aromatic heterocycles. The van der Waals surface area contributed by atoms with Crippen molar-refractivity contribution >= 4 is 17.5 Å². The number of nitrogens with one attached hydrogen (secondary N) is 1. The van der Waals surface area contributed by atoms with Gasteiger partial charge in [-0.05, 0) is 32.4 Å². The van der Waals surface area contributed by atoms with E-state index in [1.165, 1.54) is 0 Å². The highest BCUT2D eigenvalue weighted by Crippen LogP contribution is 2.43. The normalized spacial score (nSPS) is 27.3. The lowest BCUT2D eigenvalue weighted by atomic mass is 9.78. The largest absolute Gasteiger partial charge is 0.486 e. The molecule has 1 spiro atoms. The van der Waals surface area contributed by atoms with Crippen LogP contribution < -0.4 is 5.32 Å². The monoisotopic (exact) mass is 268 g/mol. The number of piperidine rings is 1. The van der Waals surface area contributed by atoms with Crippen LogP contribution in [-0.4, -0.2) is 37.0 Å². The van der Waals surface area contributed by atoms with Crippen molar-refractivity contribution < 1.29 is 9.53 Å². The van der Waals surface area contributed by atoms with Crippen molar-refractivity contribution in [3.05, 3.63) is 23.1 Å². The Kier molecular flexibility index (Phi) is 2.87. The quantitative estimate of drug-likeness (QED) is 0.785. The van der Waals surface area contributed by atoms with Gasteiger partial charge in [0.2, 0.25) is 5.91 Å². The van der Waals surface area contributed by atoms with Crippen molar-refractivity contribution in [1.29, 1.82) is 0 Å². The number of likely N-dealkylation sites (tertiary alicyclic amines) is 1. The van der Waals surface area contributed by atoms with Crippen LogP contribution in [0.5, 0.6) is 0 Å². The number of hydrogen-bond acceptors (Lipinski definition) is 3. The van der Waals surface area contributed by atoms with Crippen molar-refractivity contribution in [3.8, 4) is 0 Å². The summed E-state index contributed by atoms with van der Waals surface area (Å²) in [5.41, 5.74) is 0.626. The first-order valence-electron chi connectivity index (χ1n) is 6.37. The lowest BCUT2D eigenvalue weighted by Gasteiger charge is -2.32. The molecule has 0 atom stereocenters. The Bertz CT molecular complexity index is 438. The van der Waals surface area contributed by atoms with Crippen molar-refractivity contribution in [2.24, 2.45) is 5.41 Å². The molecule has 18 heavy (non-hydrogen) atoms. The lowest BCUT2D eigenvalue weighted by molar-refractivity contribution is -0.135. The van der Waals surface area contributed by atoms with Crippen molar-refractivity contribution in [2.75, 3.05) is 26.2 Å². The number of carbonyl (C=O) groups is 1. The van der Waals surface area contributed by atoms with Crippen molar-refractivity contribution in [2.45, 2.75) is 19.3 Å². The Morgan fingerprint density at radius 3 is 2.67 bits per heavy atom. The third-order valence-electron chi connectivity index (χ3n) is 4.28. The fourth-order valence-corrected chi connectivity index (χ4v) is 3.30. The number of ether oxygens (including phenoxy) is 1. The highest BCUT2D eigenvalue weighted by Gasteiger charge is 2.48. The molecule has 0 aromatic carbocycles. The van der Waals surface area contributed by atoms with Gasteiger partial charge < -0.3 is 15.0 Å². The molecule has 3 rings (SSSR count). The molecule has 0 unspecified atom stereocenters. The fourth-order valence-electron chi connectivity index (χ4n) is 3.09. The Morgan fingerprint density at radius 1 is 1.33 bits per heavy atom. The maximum atomic E-state index is 12.6. The maximum Gasteiger partial charge on any atom is 0.233 e. The standard InChI is InChI=1S/C13H17ClN2O2/c1-9-11(14)10(8-18-9)16-7-4-13(12(16)17)2-5-15-6-3-13/h15H,1-8H2. The molecule has 0 aromatic rings. The number of allylic oxidation sites excluding steroid dienone is 1. The molecule has 3 heterocycles. The van der Waals surface area contributed by atoms with Crippen LogP contribution in [0, 0.1) is 5.41 Å². The van der Waals surface area contributed by atoms with E-state index in [0.29, 0.717) is 17.4 Å². The highest BCUT2D eigenvalue weighted by molar-refractivity contribution is 6.32. The second-order valence-electron chi connectivity index (χ2n) is 5.21. The summed E-state index contributed by atoms with van der Waals surface area (Å²) in [5.74, 6) is 0.696. The number of amides is 1. The zero-order chi connectivity index (χ0) is 12.8. The molecule has 2 saturated heterocycles. The van der Waals surface area contributed by atoms with E-state index < -0.39 is 0 Å². The lowest BCUT2D eigenvalue weighted by Crippen LogP contribution is -2.42. The van der Waals surface area contributed by atoms with E-state index in [1.54, 1.807) is 0 Å². The van der Waals surface area contributed by atoms with Crippen LogP contribution in [0.4, 0.5) is 0 Å². The zero-order valence-electron chi connectivity index (χ0n) is 10.3. The Morgan fingerprint density at radius 2 is 2.06 bits per heavy atom. The molecule has 4 nitrogen and oxygen atoms in total. The van der Waals surface area contributed by atoms with Crippen LogP contribution >= 0.6 is 11.6 Å². The van der Waals surface area contributed by atoms with Gasteiger partial charge in [-0.2, -0.15) is 0 Å². The van der Waals surface area contributed by atoms with Crippen molar-refractivity contribution in [1.82, 2.24) is 10.2 Å². The van der Waals surface area contributed by atoms with Gasteiger partial charge >= 0.3 is 0 Å². The van der Waals surface area contributed by atoms with E-state index in [4.69, 9.17) is 16.3 Å². The van der Waals surface area contributed by atoms with Gasteiger partial charge in [0.15, 0.2) is 0 Å². The van der Waals surface area contributed by atoms with E-state index in [1.807, 2.05) is 4.90 Å². The number of rotatable bonds is 1. The van der Waals surface area contributed by atoms with Gasteiger partial charge in [-0.3, -0.25) is 4.79 Å². The fraction of sp³-hybridized carbons (Fsp3) is 0.615. The molecule has 1 amide bonds. The maximum absolute atomic E-state index is 12.6. The third kappa shape index (κ3) is 1.67. The third-order valence-corrected chi connectivity index (χ3v) is 4.71. The summed E-state index contributed by atoms with van der Waals surface area (Å²) in [5, 5.41) is 3.82. The minimum atomic E-state index is -0.167. The van der Waals surface area contributed by atoms with E-state index in [2.05, 4.69) is 11.9 Å². The van der Waals surface area contributed by atoms with E-state index >= 15 is 0 Å². The molecule has 0 radical (unpaired) electrons. The summed E-state index contributed by atoms with van der Waals surface area (Å²) in [6.07, 6.45) is 2.78. The molecule has 1 N–H and O–H groups in total. The summed E-state index contributed by atoms with van der Waals surface area (Å²) in [6.45, 7) is 6.70. The molecule has 98 valence electrons. The van der Waals surface area contributed by atoms with Crippen LogP contribution in [0.25, 0.3) is 0 Å². The van der Waals surface area contributed by atoms with E-state index in [-0.39, 0.29) is 11.3 Å². The first-order chi connectivity index (χ1) is 8.64. The summed E-state index contributed by atoms with van der Waals surface area (Å²) in [4.78, 5) is 14.5. The van der Waals surface area contributed by atoms with Gasteiger partial charge in [0.05, 0.1) is 11.1 Å². The predicted molar refractivity (Wildman–Crippen MR) is 68.8 cm³/mol. The molecule has 0 saturated carbocycles. The van der Waals surface area contributed by atoms with Gasteiger partial charge in [0.1, 0.15) is 17.4 Å². The Labute approximate surface area is 112 Å². The molecule has 3 aliphatic rings. The van der Waals surface area contributed by atoms with Gasteiger partial charge in [-0.1, -0.05) is 18.2 Å². The predicted octanol–water partition coefficient (Wildman–Crippen LogP) is 1.58. The topological polar surface area (TPSA) is 41.6 Å². The average molecular weight is 269 g/mol. The summed E-state index contributed by atoms with van der Waals surface area (Å²) < 4.78 is 5.31. The number of hydrogen-bond donors (Lipinski definition) is 1. The highest BCUT2D eigenvalue weighted by atomic mass is 35.5. The molecule has 5 heteroatoms. The van der Waals surface area contributed by atoms with Crippen LogP contribution in [0.1, 0.15) is 19.3 Å². The molecule has 0 bridgehead atoms. The van der Waals surface area contributed by atoms with Crippen LogP contribution in [0.2, 0.25) is 0 Å². The van der Waals surface area contributed by atoms with Crippen LogP contribution in [-0.2, 0) is 9.53 Å². The van der Waals surface area contributed by atoms with Crippen LogP contribution in [0.3, 0.4) is 0 Å². The smallest absolute Gasteiger partial charge is 0.233 e. The van der Waals surface area contributed by atoms with Gasteiger partial charge in [0.25, 0.3) is 0 Å². The first-order valence-corrected chi connectivity index (χ1v) is 6.75. The second-order valence-corrected chi connectivity index (χ2v) is 5.59. The molecule has 3 aliphatic heterocycles. The first kappa shape index (κ1) is 12.1. The van der Waals surface area contributed by atoms with Gasteiger partial charge in [-0.15, -0.1) is 0 Å². The summed E-state index contributed by atoms with van der Waals surface area (Å²) >= 11 is 6.15. The Balaban J connectivity index is 1.85. The molecular weight excluding hydrogens is 252 g/mol. The number of nitrogens with zero attached hydrogens (tertiary/aromatic N) is 1. The van der Waals surface area contributed by atoms with E-state index in [9.17, 15) is 4.79 Å². The van der Waals surface area contributed by atoms with Crippen molar-refractivity contribution in [3.63, 3.8) is 0 Å². The zero-order valence-corrected chi connectivity index (χ0v) is 11.1. The summed E-state index contributed by atoms with van der Waals surface area (Å²) in [7, 11) is 0. The van der Waals surface area contributed by atoms with Gasteiger partial charge in [-0.25, -0.2) is 0 Å². The average Bonchev–Trinajstić information content (AvgIpc) is 2.86. The summed E-state index contributed by atoms with van der Waals surface area (Å²) in [6, 6.07) is 0. The van der Waals surface area contributed by atoms with Crippen LogP contribution in [0.15, 0.2) is 23.1 Å². The minimum Gasteiger partial charge on any atom is -0.486 e. The minimum absolute atomic E-state index is 0.167. The Hall–Kier alpha value is -1.00. The molecular formula is C13H17ClN2O2. The van der Waals surface area contributed by atoms with E-state index in [0.717, 1.165) is 44.6 Å². The second kappa shape index (κ2) is 4.28. The number of carbonyl (C=O) groups excluding carboxylic acids is 1. The molecule has 2 fully saturated rings. The van der Waals surface area contributed by atoms with Gasteiger partial charge in [0, 0.05) is 6.54 Å². The molecule has 0 aliphatic carbocycles. The number of halogens is 1. The SMILES string of the molecule is C=C1OCC(N2CCC3(CCNCC3)C2=O)=C1Cl.